The van der Waals surface area contributed by atoms with E-state index in [9.17, 15) is 5.11 Å². The molecule has 1 aromatic carbocycles. The molecule has 3 rings (SSSR count). The molecule has 19 heavy (non-hydrogen) atoms. The molecule has 2 aliphatic rings. The van der Waals surface area contributed by atoms with E-state index >= 15 is 0 Å². The Morgan fingerprint density at radius 1 is 1.21 bits per heavy atom. The first-order valence-corrected chi connectivity index (χ1v) is 7.87. The van der Waals surface area contributed by atoms with Crippen LogP contribution < -0.4 is 0 Å². The molecule has 2 heteroatoms. The second-order valence-corrected chi connectivity index (χ2v) is 6.05. The maximum absolute atomic E-state index is 10.1. The van der Waals surface area contributed by atoms with Gasteiger partial charge in [0.1, 0.15) is 5.75 Å². The van der Waals surface area contributed by atoms with E-state index in [-0.39, 0.29) is 0 Å². The highest BCUT2D eigenvalue weighted by Gasteiger charge is 2.32. The fourth-order valence-electron chi connectivity index (χ4n) is 4.02. The SMILES string of the molecule is CCC1CCCCN1C1CCCc2c(O)cccc21. The van der Waals surface area contributed by atoms with Gasteiger partial charge in [0, 0.05) is 12.1 Å². The van der Waals surface area contributed by atoms with E-state index < -0.39 is 0 Å². The van der Waals surface area contributed by atoms with E-state index in [1.807, 2.05) is 12.1 Å². The van der Waals surface area contributed by atoms with Crippen LogP contribution in [0.25, 0.3) is 0 Å². The summed E-state index contributed by atoms with van der Waals surface area (Å²) in [6.07, 6.45) is 8.83. The van der Waals surface area contributed by atoms with Crippen LogP contribution >= 0.6 is 0 Å². The van der Waals surface area contributed by atoms with Gasteiger partial charge in [-0.25, -0.2) is 0 Å². The number of aromatic hydroxyl groups is 1. The van der Waals surface area contributed by atoms with Gasteiger partial charge in [-0.3, -0.25) is 4.90 Å². The van der Waals surface area contributed by atoms with E-state index in [0.717, 1.165) is 12.5 Å². The van der Waals surface area contributed by atoms with Gasteiger partial charge in [0.15, 0.2) is 0 Å². The Morgan fingerprint density at radius 3 is 2.95 bits per heavy atom. The van der Waals surface area contributed by atoms with E-state index in [0.29, 0.717) is 11.8 Å². The first kappa shape index (κ1) is 13.0. The highest BCUT2D eigenvalue weighted by Crippen LogP contribution is 2.40. The zero-order chi connectivity index (χ0) is 13.2. The van der Waals surface area contributed by atoms with Crippen molar-refractivity contribution in [2.75, 3.05) is 6.54 Å². The number of hydrogen-bond acceptors (Lipinski definition) is 2. The molecule has 0 radical (unpaired) electrons. The van der Waals surface area contributed by atoms with Gasteiger partial charge in [0.2, 0.25) is 0 Å². The van der Waals surface area contributed by atoms with Crippen LogP contribution in [0.4, 0.5) is 0 Å². The fourth-order valence-corrected chi connectivity index (χ4v) is 4.02. The maximum Gasteiger partial charge on any atom is 0.119 e. The Labute approximate surface area is 116 Å². The summed E-state index contributed by atoms with van der Waals surface area (Å²) in [5.41, 5.74) is 2.60. The first-order chi connectivity index (χ1) is 9.31. The maximum atomic E-state index is 10.1. The molecule has 1 fully saturated rings. The summed E-state index contributed by atoms with van der Waals surface area (Å²) in [7, 11) is 0. The Bertz CT molecular complexity index is 443. The van der Waals surface area contributed by atoms with Crippen LogP contribution in [0.5, 0.6) is 5.75 Å². The minimum Gasteiger partial charge on any atom is -0.508 e. The number of fused-ring (bicyclic) bond motifs is 1. The lowest BCUT2D eigenvalue weighted by atomic mass is 9.84. The number of rotatable bonds is 2. The number of phenolic OH excluding ortho intramolecular Hbond substituents is 1. The van der Waals surface area contributed by atoms with Gasteiger partial charge < -0.3 is 5.11 Å². The van der Waals surface area contributed by atoms with E-state index in [1.54, 1.807) is 0 Å². The van der Waals surface area contributed by atoms with Crippen molar-refractivity contribution in [2.45, 2.75) is 64.0 Å². The molecule has 0 saturated carbocycles. The number of piperidine rings is 1. The molecule has 0 aromatic heterocycles. The molecule has 1 saturated heterocycles. The highest BCUT2D eigenvalue weighted by molar-refractivity contribution is 5.42. The van der Waals surface area contributed by atoms with Gasteiger partial charge in [-0.1, -0.05) is 25.5 Å². The predicted octanol–water partition coefficient (Wildman–Crippen LogP) is 4.03. The van der Waals surface area contributed by atoms with Crippen LogP contribution in [0, 0.1) is 0 Å². The Kier molecular flexibility index (Phi) is 3.79. The summed E-state index contributed by atoms with van der Waals surface area (Å²) in [6.45, 7) is 3.55. The number of benzene rings is 1. The topological polar surface area (TPSA) is 23.5 Å². The van der Waals surface area contributed by atoms with Crippen molar-refractivity contribution in [1.29, 1.82) is 0 Å². The molecule has 2 atom stereocenters. The van der Waals surface area contributed by atoms with Crippen molar-refractivity contribution >= 4 is 0 Å². The van der Waals surface area contributed by atoms with Crippen molar-refractivity contribution in [1.82, 2.24) is 4.90 Å². The van der Waals surface area contributed by atoms with Gasteiger partial charge in [0.05, 0.1) is 0 Å². The Hall–Kier alpha value is -1.02. The number of nitrogens with zero attached hydrogens (tertiary/aromatic N) is 1. The lowest BCUT2D eigenvalue weighted by Gasteiger charge is -2.43. The molecule has 1 aromatic rings. The minimum absolute atomic E-state index is 0.507. The van der Waals surface area contributed by atoms with Crippen LogP contribution in [0.1, 0.15) is 62.6 Å². The molecule has 2 nitrogen and oxygen atoms in total. The van der Waals surface area contributed by atoms with Crippen molar-refractivity contribution in [3.8, 4) is 5.75 Å². The largest absolute Gasteiger partial charge is 0.508 e. The van der Waals surface area contributed by atoms with Gasteiger partial charge in [-0.15, -0.1) is 0 Å². The van der Waals surface area contributed by atoms with Crippen molar-refractivity contribution < 1.29 is 5.11 Å². The lowest BCUT2D eigenvalue weighted by Crippen LogP contribution is -2.42. The molecule has 104 valence electrons. The van der Waals surface area contributed by atoms with Gasteiger partial charge >= 0.3 is 0 Å². The van der Waals surface area contributed by atoms with Crippen LogP contribution in [0.3, 0.4) is 0 Å². The smallest absolute Gasteiger partial charge is 0.119 e. The van der Waals surface area contributed by atoms with Gasteiger partial charge in [-0.2, -0.15) is 0 Å². The third kappa shape index (κ3) is 2.38. The molecule has 0 spiro atoms. The Morgan fingerprint density at radius 2 is 2.11 bits per heavy atom. The Balaban J connectivity index is 1.92. The molecule has 1 aliphatic heterocycles. The molecule has 1 aliphatic carbocycles. The zero-order valence-corrected chi connectivity index (χ0v) is 11.9. The molecule has 1 heterocycles. The third-order valence-corrected chi connectivity index (χ3v) is 5.00. The summed E-state index contributed by atoms with van der Waals surface area (Å²) in [6, 6.07) is 7.37. The van der Waals surface area contributed by atoms with Crippen molar-refractivity contribution in [3.63, 3.8) is 0 Å². The van der Waals surface area contributed by atoms with Crippen molar-refractivity contribution in [2.24, 2.45) is 0 Å². The third-order valence-electron chi connectivity index (χ3n) is 5.00. The molecule has 0 bridgehead atoms. The van der Waals surface area contributed by atoms with Crippen LogP contribution in [0.15, 0.2) is 18.2 Å². The predicted molar refractivity (Wildman–Crippen MR) is 78.4 cm³/mol. The second-order valence-electron chi connectivity index (χ2n) is 6.05. The number of phenols is 1. The fraction of sp³-hybridized carbons (Fsp3) is 0.647. The van der Waals surface area contributed by atoms with Crippen LogP contribution in [-0.2, 0) is 6.42 Å². The lowest BCUT2D eigenvalue weighted by molar-refractivity contribution is 0.0811. The summed E-state index contributed by atoms with van der Waals surface area (Å²) in [5.74, 6) is 0.507. The van der Waals surface area contributed by atoms with E-state index in [2.05, 4.69) is 17.9 Å². The molecule has 2 unspecified atom stereocenters. The average molecular weight is 259 g/mol. The normalized spacial score (nSPS) is 28.1. The zero-order valence-electron chi connectivity index (χ0n) is 11.9. The van der Waals surface area contributed by atoms with E-state index in [1.165, 1.54) is 56.2 Å². The van der Waals surface area contributed by atoms with Crippen LogP contribution in [0.2, 0.25) is 0 Å². The molecule has 1 N–H and O–H groups in total. The summed E-state index contributed by atoms with van der Waals surface area (Å²) in [5, 5.41) is 10.1. The van der Waals surface area contributed by atoms with Gasteiger partial charge in [-0.05, 0) is 62.3 Å². The minimum atomic E-state index is 0.507. The summed E-state index contributed by atoms with van der Waals surface area (Å²) in [4.78, 5) is 2.72. The van der Waals surface area contributed by atoms with Gasteiger partial charge in [0.25, 0.3) is 0 Å². The number of hydrogen-bond donors (Lipinski definition) is 1. The standard InChI is InChI=1S/C17H25NO/c1-2-13-7-3-4-12-18(13)16-10-5-9-15-14(16)8-6-11-17(15)19/h6,8,11,13,16,19H,2-5,7,9-10,12H2,1H3. The van der Waals surface area contributed by atoms with E-state index in [4.69, 9.17) is 0 Å². The highest BCUT2D eigenvalue weighted by atomic mass is 16.3. The summed E-state index contributed by atoms with van der Waals surface area (Å²) >= 11 is 0. The van der Waals surface area contributed by atoms with Crippen molar-refractivity contribution in [3.05, 3.63) is 29.3 Å². The summed E-state index contributed by atoms with van der Waals surface area (Å²) < 4.78 is 0. The molecule has 0 amide bonds. The van der Waals surface area contributed by atoms with Crippen LogP contribution in [-0.4, -0.2) is 22.6 Å². The first-order valence-electron chi connectivity index (χ1n) is 7.87. The monoisotopic (exact) mass is 259 g/mol. The molecular weight excluding hydrogens is 234 g/mol. The second kappa shape index (κ2) is 5.54. The molecular formula is C17H25NO. The average Bonchev–Trinajstić information content (AvgIpc) is 2.47. The quantitative estimate of drug-likeness (QED) is 0.866. The number of likely N-dealkylation sites (tertiary alicyclic amines) is 1.